The minimum Gasteiger partial charge on any atom is -0.398 e. The van der Waals surface area contributed by atoms with Crippen LogP contribution in [0.3, 0.4) is 0 Å². The number of hydrogen-bond donors (Lipinski definition) is 1. The van der Waals surface area contributed by atoms with E-state index >= 15 is 0 Å². The van der Waals surface area contributed by atoms with Crippen LogP contribution in [-0.4, -0.2) is 26.3 Å². The highest BCUT2D eigenvalue weighted by Crippen LogP contribution is 2.27. The first-order valence-electron chi connectivity index (χ1n) is 6.32. The molecule has 0 radical (unpaired) electrons. The van der Waals surface area contributed by atoms with Gasteiger partial charge in [-0.15, -0.1) is 0 Å². The van der Waals surface area contributed by atoms with Gasteiger partial charge in [0.25, 0.3) is 0 Å². The van der Waals surface area contributed by atoms with Gasteiger partial charge in [0, 0.05) is 24.3 Å². The Bertz CT molecular complexity index is 544. The van der Waals surface area contributed by atoms with Crippen molar-refractivity contribution in [2.75, 3.05) is 19.3 Å². The second-order valence-electron chi connectivity index (χ2n) is 4.65. The number of nitrogens with two attached hydrogens (primary N) is 1. The first kappa shape index (κ1) is 16.3. The molecular formula is C13H21ClN2O2S. The van der Waals surface area contributed by atoms with Crippen LogP contribution < -0.4 is 5.73 Å². The molecule has 0 aromatic heterocycles. The summed E-state index contributed by atoms with van der Waals surface area (Å²) in [5, 5.41) is 0.337. The Labute approximate surface area is 120 Å². The lowest BCUT2D eigenvalue weighted by atomic mass is 10.2. The molecule has 0 amide bonds. The van der Waals surface area contributed by atoms with Crippen molar-refractivity contribution in [3.63, 3.8) is 0 Å². The van der Waals surface area contributed by atoms with Gasteiger partial charge in [0.1, 0.15) is 0 Å². The van der Waals surface area contributed by atoms with Crippen LogP contribution in [0.15, 0.2) is 17.0 Å². The lowest BCUT2D eigenvalue weighted by Gasteiger charge is -2.19. The summed E-state index contributed by atoms with van der Waals surface area (Å²) < 4.78 is 26.3. The summed E-state index contributed by atoms with van der Waals surface area (Å²) in [4.78, 5) is 0.191. The number of halogens is 1. The Balaban J connectivity index is 3.06. The third-order valence-electron chi connectivity index (χ3n) is 3.13. The van der Waals surface area contributed by atoms with Gasteiger partial charge in [-0.1, -0.05) is 31.4 Å². The van der Waals surface area contributed by atoms with E-state index in [0.29, 0.717) is 22.8 Å². The minimum absolute atomic E-state index is 0.191. The van der Waals surface area contributed by atoms with Crippen molar-refractivity contribution >= 4 is 27.3 Å². The van der Waals surface area contributed by atoms with E-state index in [-0.39, 0.29) is 4.90 Å². The summed E-state index contributed by atoms with van der Waals surface area (Å²) in [5.74, 6) is 0. The maximum absolute atomic E-state index is 12.5. The first-order chi connectivity index (χ1) is 8.80. The molecule has 0 aliphatic carbocycles. The van der Waals surface area contributed by atoms with E-state index in [1.54, 1.807) is 20.0 Å². The van der Waals surface area contributed by atoms with Crippen molar-refractivity contribution in [2.24, 2.45) is 0 Å². The molecule has 0 atom stereocenters. The van der Waals surface area contributed by atoms with E-state index in [4.69, 9.17) is 17.3 Å². The van der Waals surface area contributed by atoms with Gasteiger partial charge in [-0.25, -0.2) is 12.7 Å². The highest BCUT2D eigenvalue weighted by molar-refractivity contribution is 7.89. The van der Waals surface area contributed by atoms with Crippen molar-refractivity contribution in [1.82, 2.24) is 4.31 Å². The Kier molecular flexibility index (Phi) is 5.64. The molecule has 0 spiro atoms. The van der Waals surface area contributed by atoms with Crippen LogP contribution in [-0.2, 0) is 10.0 Å². The summed E-state index contributed by atoms with van der Waals surface area (Å²) in [6, 6.07) is 3.02. The monoisotopic (exact) mass is 304 g/mol. The smallest absolute Gasteiger partial charge is 0.243 e. The van der Waals surface area contributed by atoms with Crippen molar-refractivity contribution in [1.29, 1.82) is 0 Å². The molecule has 108 valence electrons. The molecule has 19 heavy (non-hydrogen) atoms. The zero-order valence-electron chi connectivity index (χ0n) is 11.6. The number of anilines is 1. The maximum Gasteiger partial charge on any atom is 0.243 e. The lowest BCUT2D eigenvalue weighted by Crippen LogP contribution is -2.28. The summed E-state index contributed by atoms with van der Waals surface area (Å²) in [6.45, 7) is 4.27. The fourth-order valence-corrected chi connectivity index (χ4v) is 3.59. The molecule has 0 unspecified atom stereocenters. The van der Waals surface area contributed by atoms with Gasteiger partial charge < -0.3 is 5.73 Å². The Morgan fingerprint density at radius 2 is 1.95 bits per heavy atom. The van der Waals surface area contributed by atoms with Crippen LogP contribution >= 0.6 is 11.6 Å². The molecule has 0 heterocycles. The number of unbranched alkanes of at least 4 members (excludes halogenated alkanes) is 2. The number of benzene rings is 1. The molecule has 1 rings (SSSR count). The number of rotatable bonds is 6. The molecule has 0 saturated heterocycles. The Morgan fingerprint density at radius 1 is 1.32 bits per heavy atom. The SMILES string of the molecule is CCCCCN(C)S(=O)(=O)c1cc(Cl)cc(N)c1C. The topological polar surface area (TPSA) is 63.4 Å². The Morgan fingerprint density at radius 3 is 2.53 bits per heavy atom. The predicted octanol–water partition coefficient (Wildman–Crippen LogP) is 3.04. The van der Waals surface area contributed by atoms with E-state index in [9.17, 15) is 8.42 Å². The molecule has 0 saturated carbocycles. The fourth-order valence-electron chi connectivity index (χ4n) is 1.81. The van der Waals surface area contributed by atoms with Crippen LogP contribution in [0.4, 0.5) is 5.69 Å². The second kappa shape index (κ2) is 6.59. The fraction of sp³-hybridized carbons (Fsp3) is 0.538. The van der Waals surface area contributed by atoms with Gasteiger partial charge >= 0.3 is 0 Å². The predicted molar refractivity (Wildman–Crippen MR) is 79.9 cm³/mol. The second-order valence-corrected chi connectivity index (χ2v) is 7.10. The van der Waals surface area contributed by atoms with Crippen molar-refractivity contribution in [3.05, 3.63) is 22.7 Å². The van der Waals surface area contributed by atoms with Crippen LogP contribution in [0.1, 0.15) is 31.7 Å². The third kappa shape index (κ3) is 3.84. The molecule has 0 aliphatic heterocycles. The van der Waals surface area contributed by atoms with E-state index in [0.717, 1.165) is 19.3 Å². The van der Waals surface area contributed by atoms with Gasteiger partial charge in [-0.2, -0.15) is 0 Å². The average molecular weight is 305 g/mol. The summed E-state index contributed by atoms with van der Waals surface area (Å²) in [6.07, 6.45) is 2.91. The van der Waals surface area contributed by atoms with E-state index in [1.165, 1.54) is 10.4 Å². The molecule has 0 bridgehead atoms. The highest BCUT2D eigenvalue weighted by atomic mass is 35.5. The number of nitrogen functional groups attached to an aromatic ring is 1. The molecule has 1 aromatic rings. The number of sulfonamides is 1. The van der Waals surface area contributed by atoms with Gasteiger partial charge in [0.05, 0.1) is 4.90 Å². The molecule has 2 N–H and O–H groups in total. The van der Waals surface area contributed by atoms with Crippen molar-refractivity contribution in [3.8, 4) is 0 Å². The molecule has 0 aliphatic rings. The summed E-state index contributed by atoms with van der Waals surface area (Å²) >= 11 is 5.90. The Hall–Kier alpha value is -0.780. The van der Waals surface area contributed by atoms with Crippen LogP contribution in [0.25, 0.3) is 0 Å². The van der Waals surface area contributed by atoms with Crippen LogP contribution in [0.2, 0.25) is 5.02 Å². The largest absolute Gasteiger partial charge is 0.398 e. The zero-order valence-corrected chi connectivity index (χ0v) is 13.2. The average Bonchev–Trinajstić information content (AvgIpc) is 2.33. The lowest BCUT2D eigenvalue weighted by molar-refractivity contribution is 0.454. The van der Waals surface area contributed by atoms with Crippen molar-refractivity contribution in [2.45, 2.75) is 38.0 Å². The standard InChI is InChI=1S/C13H21ClN2O2S/c1-4-5-6-7-16(3)19(17,18)13-9-11(14)8-12(15)10(13)2/h8-9H,4-7,15H2,1-3H3. The first-order valence-corrected chi connectivity index (χ1v) is 8.14. The van der Waals surface area contributed by atoms with E-state index in [2.05, 4.69) is 6.92 Å². The molecular weight excluding hydrogens is 284 g/mol. The van der Waals surface area contributed by atoms with Gasteiger partial charge in [0.15, 0.2) is 0 Å². The van der Waals surface area contributed by atoms with Crippen LogP contribution in [0.5, 0.6) is 0 Å². The zero-order chi connectivity index (χ0) is 14.6. The maximum atomic E-state index is 12.5. The minimum atomic E-state index is -3.53. The summed E-state index contributed by atoms with van der Waals surface area (Å²) in [7, 11) is -1.94. The number of nitrogens with zero attached hydrogens (tertiary/aromatic N) is 1. The summed E-state index contributed by atoms with van der Waals surface area (Å²) in [5.41, 5.74) is 6.72. The highest BCUT2D eigenvalue weighted by Gasteiger charge is 2.23. The van der Waals surface area contributed by atoms with Crippen LogP contribution in [0, 0.1) is 6.92 Å². The molecule has 4 nitrogen and oxygen atoms in total. The van der Waals surface area contributed by atoms with Gasteiger partial charge in [-0.3, -0.25) is 0 Å². The van der Waals surface area contributed by atoms with E-state index in [1.807, 2.05) is 0 Å². The molecule has 6 heteroatoms. The third-order valence-corrected chi connectivity index (χ3v) is 5.33. The van der Waals surface area contributed by atoms with Gasteiger partial charge in [-0.05, 0) is 31.0 Å². The number of hydrogen-bond acceptors (Lipinski definition) is 3. The quantitative estimate of drug-likeness (QED) is 0.649. The molecule has 1 aromatic carbocycles. The molecule has 0 fully saturated rings. The van der Waals surface area contributed by atoms with Crippen molar-refractivity contribution < 1.29 is 8.42 Å². The normalized spacial score (nSPS) is 12.1. The van der Waals surface area contributed by atoms with Gasteiger partial charge in [0.2, 0.25) is 10.0 Å². The van der Waals surface area contributed by atoms with E-state index < -0.39 is 10.0 Å².